The predicted molar refractivity (Wildman–Crippen MR) is 118 cm³/mol. The summed E-state index contributed by atoms with van der Waals surface area (Å²) in [5.74, 6) is 2.55. The van der Waals surface area contributed by atoms with E-state index in [9.17, 15) is 8.42 Å². The summed E-state index contributed by atoms with van der Waals surface area (Å²) in [6.45, 7) is 14.1. The second kappa shape index (κ2) is 13.6. The van der Waals surface area contributed by atoms with E-state index < -0.39 is 10.0 Å². The first-order chi connectivity index (χ1) is 12.9. The molecule has 1 saturated heterocycles. The molecule has 1 atom stereocenters. The fourth-order valence-electron chi connectivity index (χ4n) is 3.01. The van der Waals surface area contributed by atoms with Crippen LogP contribution in [0.1, 0.15) is 40.5 Å². The zero-order valence-corrected chi connectivity index (χ0v) is 19.2. The van der Waals surface area contributed by atoms with Crippen LogP contribution in [0.15, 0.2) is 4.99 Å². The molecule has 7 nitrogen and oxygen atoms in total. The summed E-state index contributed by atoms with van der Waals surface area (Å²) >= 11 is 1.81. The maximum absolute atomic E-state index is 12.4. The Bertz CT molecular complexity index is 518. The average molecular weight is 422 g/mol. The van der Waals surface area contributed by atoms with Gasteiger partial charge in [-0.05, 0) is 46.3 Å². The van der Waals surface area contributed by atoms with Gasteiger partial charge >= 0.3 is 0 Å². The van der Waals surface area contributed by atoms with Gasteiger partial charge in [0.15, 0.2) is 5.96 Å². The van der Waals surface area contributed by atoms with E-state index in [-0.39, 0.29) is 12.3 Å². The van der Waals surface area contributed by atoms with Crippen LogP contribution in [0.3, 0.4) is 0 Å². The molecule has 1 rings (SSSR count). The third-order valence-corrected chi connectivity index (χ3v) is 7.51. The molecule has 160 valence electrons. The molecule has 9 heteroatoms. The number of nitrogens with zero attached hydrogens (tertiary/aromatic N) is 3. The van der Waals surface area contributed by atoms with Crippen LogP contribution in [-0.4, -0.2) is 92.7 Å². The molecule has 1 unspecified atom stereocenters. The minimum atomic E-state index is -3.20. The van der Waals surface area contributed by atoms with Crippen LogP contribution in [0.2, 0.25) is 0 Å². The summed E-state index contributed by atoms with van der Waals surface area (Å²) in [7, 11) is -3.20. The van der Waals surface area contributed by atoms with Crippen LogP contribution in [0.25, 0.3) is 0 Å². The van der Waals surface area contributed by atoms with Crippen molar-refractivity contribution in [1.29, 1.82) is 0 Å². The molecule has 27 heavy (non-hydrogen) atoms. The van der Waals surface area contributed by atoms with Crippen LogP contribution in [0.4, 0.5) is 0 Å². The van der Waals surface area contributed by atoms with Crippen molar-refractivity contribution in [2.24, 2.45) is 4.99 Å². The lowest BCUT2D eigenvalue weighted by Crippen LogP contribution is -2.43. The van der Waals surface area contributed by atoms with Crippen molar-refractivity contribution < 1.29 is 8.42 Å². The van der Waals surface area contributed by atoms with Crippen LogP contribution in [0.5, 0.6) is 0 Å². The third-order valence-electron chi connectivity index (χ3n) is 4.72. The molecule has 0 aromatic rings. The number of guanidine groups is 1. The smallest absolute Gasteiger partial charge is 0.215 e. The lowest BCUT2D eigenvalue weighted by molar-refractivity contribution is 0.292. The summed E-state index contributed by atoms with van der Waals surface area (Å²) in [4.78, 5) is 6.91. The van der Waals surface area contributed by atoms with E-state index in [0.29, 0.717) is 25.1 Å². The first-order valence-electron chi connectivity index (χ1n) is 10.3. The van der Waals surface area contributed by atoms with Crippen molar-refractivity contribution in [3.63, 3.8) is 0 Å². The normalized spacial score (nSPS) is 17.9. The van der Waals surface area contributed by atoms with Gasteiger partial charge in [-0.15, -0.1) is 0 Å². The van der Waals surface area contributed by atoms with Crippen molar-refractivity contribution in [3.05, 3.63) is 0 Å². The van der Waals surface area contributed by atoms with Crippen molar-refractivity contribution >= 4 is 27.7 Å². The third kappa shape index (κ3) is 10.0. The standard InChI is InChI=1S/C18H39N5O2S2/c1-5-19-18(21-17(4)9-8-11-22(6-2)7-3)20-10-16-27(24,25)23-12-14-26-15-13-23/h17H,5-16H2,1-4H3,(H2,19,20,21). The van der Waals surface area contributed by atoms with Gasteiger partial charge < -0.3 is 15.5 Å². The highest BCUT2D eigenvalue weighted by Crippen LogP contribution is 2.13. The SMILES string of the molecule is CCNC(=NCCS(=O)(=O)N1CCSCC1)NC(C)CCCN(CC)CC. The highest BCUT2D eigenvalue weighted by Gasteiger charge is 2.23. The molecular formula is C18H39N5O2S2. The number of aliphatic imine (C=N–C) groups is 1. The Morgan fingerprint density at radius 2 is 1.89 bits per heavy atom. The van der Waals surface area contributed by atoms with Gasteiger partial charge in [0, 0.05) is 37.2 Å². The van der Waals surface area contributed by atoms with Crippen LogP contribution in [-0.2, 0) is 10.0 Å². The highest BCUT2D eigenvalue weighted by atomic mass is 32.2. The van der Waals surface area contributed by atoms with Gasteiger partial charge in [0.25, 0.3) is 0 Å². The molecule has 1 aliphatic heterocycles. The zero-order valence-electron chi connectivity index (χ0n) is 17.5. The van der Waals surface area contributed by atoms with Gasteiger partial charge in [0.05, 0.1) is 12.3 Å². The van der Waals surface area contributed by atoms with Crippen LogP contribution >= 0.6 is 11.8 Å². The lowest BCUT2D eigenvalue weighted by atomic mass is 10.2. The topological polar surface area (TPSA) is 77.0 Å². The van der Waals surface area contributed by atoms with Crippen molar-refractivity contribution in [3.8, 4) is 0 Å². The second-order valence-corrected chi connectivity index (χ2v) is 10.1. The largest absolute Gasteiger partial charge is 0.357 e. The fraction of sp³-hybridized carbons (Fsp3) is 0.944. The van der Waals surface area contributed by atoms with Gasteiger partial charge in [-0.2, -0.15) is 11.8 Å². The molecule has 0 amide bonds. The van der Waals surface area contributed by atoms with Crippen molar-refractivity contribution in [2.75, 3.05) is 63.1 Å². The Balaban J connectivity index is 2.44. The van der Waals surface area contributed by atoms with Gasteiger partial charge in [-0.25, -0.2) is 12.7 Å². The summed E-state index contributed by atoms with van der Waals surface area (Å²) in [5.41, 5.74) is 0. The molecule has 1 aliphatic rings. The zero-order chi connectivity index (χ0) is 20.1. The summed E-state index contributed by atoms with van der Waals surface area (Å²) in [5, 5.41) is 6.62. The van der Waals surface area contributed by atoms with Gasteiger partial charge in [0.1, 0.15) is 0 Å². The van der Waals surface area contributed by atoms with Crippen molar-refractivity contribution in [2.45, 2.75) is 46.6 Å². The summed E-state index contributed by atoms with van der Waals surface area (Å²) < 4.78 is 26.4. The number of hydrogen-bond donors (Lipinski definition) is 2. The quantitative estimate of drug-likeness (QED) is 0.367. The van der Waals surface area contributed by atoms with E-state index in [1.165, 1.54) is 0 Å². The van der Waals surface area contributed by atoms with E-state index in [2.05, 4.69) is 41.3 Å². The molecule has 0 aromatic carbocycles. The molecular weight excluding hydrogens is 382 g/mol. The summed E-state index contributed by atoms with van der Waals surface area (Å²) in [6, 6.07) is 0.300. The number of hydrogen-bond acceptors (Lipinski definition) is 5. The minimum Gasteiger partial charge on any atom is -0.357 e. The molecule has 0 bridgehead atoms. The van der Waals surface area contributed by atoms with Crippen LogP contribution in [0, 0.1) is 0 Å². The van der Waals surface area contributed by atoms with E-state index >= 15 is 0 Å². The minimum absolute atomic E-state index is 0.0740. The first kappa shape index (κ1) is 24.5. The Labute approximate surface area is 170 Å². The predicted octanol–water partition coefficient (Wildman–Crippen LogP) is 1.43. The lowest BCUT2D eigenvalue weighted by Gasteiger charge is -2.25. The number of sulfonamides is 1. The fourth-order valence-corrected chi connectivity index (χ4v) is 5.47. The molecule has 0 saturated carbocycles. The summed E-state index contributed by atoms with van der Waals surface area (Å²) in [6.07, 6.45) is 2.20. The van der Waals surface area contributed by atoms with E-state index in [1.807, 2.05) is 18.7 Å². The monoisotopic (exact) mass is 421 g/mol. The van der Waals surface area contributed by atoms with E-state index in [0.717, 1.165) is 50.5 Å². The van der Waals surface area contributed by atoms with Gasteiger partial charge in [-0.3, -0.25) is 4.99 Å². The number of rotatable bonds is 12. The first-order valence-corrected chi connectivity index (χ1v) is 13.0. The Kier molecular flexibility index (Phi) is 12.4. The van der Waals surface area contributed by atoms with E-state index in [1.54, 1.807) is 4.31 Å². The van der Waals surface area contributed by atoms with Gasteiger partial charge in [0.2, 0.25) is 10.0 Å². The molecule has 0 aromatic heterocycles. The molecule has 2 N–H and O–H groups in total. The molecule has 0 spiro atoms. The Hall–Kier alpha value is -0.510. The van der Waals surface area contributed by atoms with Gasteiger partial charge in [-0.1, -0.05) is 13.8 Å². The highest BCUT2D eigenvalue weighted by molar-refractivity contribution is 7.99. The Morgan fingerprint density at radius 1 is 1.22 bits per heavy atom. The van der Waals surface area contributed by atoms with Crippen molar-refractivity contribution in [1.82, 2.24) is 19.8 Å². The molecule has 1 fully saturated rings. The Morgan fingerprint density at radius 3 is 2.48 bits per heavy atom. The van der Waals surface area contributed by atoms with Crippen LogP contribution < -0.4 is 10.6 Å². The molecule has 1 heterocycles. The second-order valence-electron chi connectivity index (χ2n) is 6.80. The molecule has 0 aliphatic carbocycles. The molecule has 0 radical (unpaired) electrons. The maximum atomic E-state index is 12.4. The van der Waals surface area contributed by atoms with E-state index in [4.69, 9.17) is 0 Å². The maximum Gasteiger partial charge on any atom is 0.215 e. The number of nitrogens with one attached hydrogen (secondary N) is 2. The average Bonchev–Trinajstić information content (AvgIpc) is 2.66. The number of thioether (sulfide) groups is 1.